The molecule has 0 unspecified atom stereocenters. The number of anilines is 2. The van der Waals surface area contributed by atoms with E-state index in [1.165, 1.54) is 12.1 Å². The number of sulfonamides is 1. The first-order valence-electron chi connectivity index (χ1n) is 9.61. The minimum Gasteiger partial charge on any atom is -0.325 e. The summed E-state index contributed by atoms with van der Waals surface area (Å²) in [5.41, 5.74) is 3.08. The molecule has 0 aliphatic carbocycles. The first-order valence-corrected chi connectivity index (χ1v) is 11.1. The molecule has 0 spiro atoms. The lowest BCUT2D eigenvalue weighted by Crippen LogP contribution is -2.35. The van der Waals surface area contributed by atoms with Gasteiger partial charge in [0.1, 0.15) is 0 Å². The van der Waals surface area contributed by atoms with E-state index < -0.39 is 10.0 Å². The number of nitrogens with one attached hydrogen (secondary N) is 2. The molecule has 7 heteroatoms. The maximum Gasteiger partial charge on any atom is 0.321 e. The molecule has 0 saturated carbocycles. The Kier molecular flexibility index (Phi) is 6.24. The Morgan fingerprint density at radius 2 is 1.57 bits per heavy atom. The van der Waals surface area contributed by atoms with E-state index in [4.69, 9.17) is 0 Å². The fraction of sp³-hybridized carbons (Fsp3) is 0.381. The zero-order valence-electron chi connectivity index (χ0n) is 16.4. The van der Waals surface area contributed by atoms with Crippen LogP contribution < -0.4 is 10.0 Å². The van der Waals surface area contributed by atoms with Gasteiger partial charge < -0.3 is 10.2 Å². The Labute approximate surface area is 167 Å². The second kappa shape index (κ2) is 8.65. The number of carbonyl (C=O) groups excluding carboxylic acids is 1. The van der Waals surface area contributed by atoms with Crippen LogP contribution in [0.5, 0.6) is 0 Å². The van der Waals surface area contributed by atoms with E-state index in [0.29, 0.717) is 11.4 Å². The van der Waals surface area contributed by atoms with Crippen molar-refractivity contribution in [1.29, 1.82) is 0 Å². The van der Waals surface area contributed by atoms with Crippen molar-refractivity contribution >= 4 is 27.4 Å². The van der Waals surface area contributed by atoms with Gasteiger partial charge >= 0.3 is 6.03 Å². The van der Waals surface area contributed by atoms with Crippen molar-refractivity contribution in [3.05, 3.63) is 53.6 Å². The van der Waals surface area contributed by atoms with E-state index in [-0.39, 0.29) is 10.9 Å². The second-order valence-electron chi connectivity index (χ2n) is 7.28. The summed E-state index contributed by atoms with van der Waals surface area (Å²) in [5, 5.41) is 2.85. The van der Waals surface area contributed by atoms with Crippen LogP contribution in [-0.2, 0) is 10.0 Å². The van der Waals surface area contributed by atoms with Gasteiger partial charge in [-0.05, 0) is 62.6 Å². The summed E-state index contributed by atoms with van der Waals surface area (Å²) in [5.74, 6) is 0. The van der Waals surface area contributed by atoms with Crippen molar-refractivity contribution in [3.8, 4) is 0 Å². The van der Waals surface area contributed by atoms with Crippen LogP contribution in [0, 0.1) is 13.8 Å². The Balaban J connectivity index is 1.68. The number of benzene rings is 2. The van der Waals surface area contributed by atoms with Crippen molar-refractivity contribution in [2.24, 2.45) is 0 Å². The third-order valence-corrected chi connectivity index (χ3v) is 6.32. The molecule has 150 valence electrons. The maximum atomic E-state index is 12.7. The molecule has 28 heavy (non-hydrogen) atoms. The smallest absolute Gasteiger partial charge is 0.321 e. The molecule has 1 saturated heterocycles. The highest BCUT2D eigenvalue weighted by molar-refractivity contribution is 7.92. The fourth-order valence-electron chi connectivity index (χ4n) is 3.33. The van der Waals surface area contributed by atoms with Crippen LogP contribution in [0.15, 0.2) is 47.4 Å². The topological polar surface area (TPSA) is 78.5 Å². The molecular weight excluding hydrogens is 374 g/mol. The Bertz CT molecular complexity index is 932. The van der Waals surface area contributed by atoms with Gasteiger partial charge in [0.05, 0.1) is 10.6 Å². The summed E-state index contributed by atoms with van der Waals surface area (Å²) in [6.07, 6.45) is 4.36. The highest BCUT2D eigenvalue weighted by atomic mass is 32.2. The number of aryl methyl sites for hydroxylation is 2. The Hall–Kier alpha value is -2.54. The van der Waals surface area contributed by atoms with Crippen LogP contribution in [0.2, 0.25) is 0 Å². The third-order valence-electron chi connectivity index (χ3n) is 4.94. The molecular formula is C21H27N3O3S. The lowest BCUT2D eigenvalue weighted by atomic mass is 10.1. The highest BCUT2D eigenvalue weighted by Crippen LogP contribution is 2.22. The van der Waals surface area contributed by atoms with Crippen LogP contribution >= 0.6 is 0 Å². The predicted molar refractivity (Wildman–Crippen MR) is 112 cm³/mol. The molecule has 0 aromatic heterocycles. The van der Waals surface area contributed by atoms with Gasteiger partial charge in [0.25, 0.3) is 10.0 Å². The molecule has 2 amide bonds. The molecule has 0 atom stereocenters. The summed E-state index contributed by atoms with van der Waals surface area (Å²) >= 11 is 0. The molecule has 1 aliphatic rings. The Morgan fingerprint density at radius 3 is 2.18 bits per heavy atom. The molecule has 1 heterocycles. The lowest BCUT2D eigenvalue weighted by molar-refractivity contribution is 0.214. The molecule has 1 aliphatic heterocycles. The number of hydrogen-bond acceptors (Lipinski definition) is 3. The van der Waals surface area contributed by atoms with Crippen LogP contribution in [-0.4, -0.2) is 32.4 Å². The summed E-state index contributed by atoms with van der Waals surface area (Å²) in [6, 6.07) is 11.7. The average Bonchev–Trinajstić information content (AvgIpc) is 2.94. The normalized spacial score (nSPS) is 15.0. The van der Waals surface area contributed by atoms with Crippen LogP contribution in [0.3, 0.4) is 0 Å². The van der Waals surface area contributed by atoms with E-state index in [0.717, 1.165) is 49.9 Å². The average molecular weight is 402 g/mol. The molecule has 3 rings (SSSR count). The minimum atomic E-state index is -3.69. The minimum absolute atomic E-state index is 0.133. The number of likely N-dealkylation sites (tertiary alicyclic amines) is 1. The number of rotatable bonds is 4. The molecule has 6 nitrogen and oxygen atoms in total. The quantitative estimate of drug-likeness (QED) is 0.791. The Morgan fingerprint density at radius 1 is 0.929 bits per heavy atom. The zero-order valence-corrected chi connectivity index (χ0v) is 17.2. The van der Waals surface area contributed by atoms with E-state index >= 15 is 0 Å². The van der Waals surface area contributed by atoms with Crippen molar-refractivity contribution in [2.75, 3.05) is 23.1 Å². The summed E-state index contributed by atoms with van der Waals surface area (Å²) < 4.78 is 27.9. The van der Waals surface area contributed by atoms with Crippen LogP contribution in [0.25, 0.3) is 0 Å². The first kappa shape index (κ1) is 20.2. The van der Waals surface area contributed by atoms with Gasteiger partial charge in [0.2, 0.25) is 0 Å². The van der Waals surface area contributed by atoms with Gasteiger partial charge in [0.15, 0.2) is 0 Å². The van der Waals surface area contributed by atoms with Gasteiger partial charge in [-0.15, -0.1) is 0 Å². The summed E-state index contributed by atoms with van der Waals surface area (Å²) in [7, 11) is -3.69. The van der Waals surface area contributed by atoms with Gasteiger partial charge in [-0.1, -0.05) is 30.5 Å². The molecule has 2 aromatic rings. The number of nitrogens with zero attached hydrogens (tertiary/aromatic N) is 1. The van der Waals surface area contributed by atoms with Gasteiger partial charge in [-0.25, -0.2) is 13.2 Å². The molecule has 0 radical (unpaired) electrons. The monoisotopic (exact) mass is 401 g/mol. The van der Waals surface area contributed by atoms with Crippen molar-refractivity contribution in [1.82, 2.24) is 4.90 Å². The standard InChI is InChI=1S/C21H27N3O3S/c1-16-7-12-20(17(2)15-16)23-28(26,27)19-10-8-18(9-11-19)22-21(25)24-13-5-3-4-6-14-24/h7-12,15,23H,3-6,13-14H2,1-2H3,(H,22,25). The largest absolute Gasteiger partial charge is 0.325 e. The highest BCUT2D eigenvalue weighted by Gasteiger charge is 2.17. The number of urea groups is 1. The second-order valence-corrected chi connectivity index (χ2v) is 8.96. The molecule has 2 aromatic carbocycles. The van der Waals surface area contributed by atoms with Gasteiger partial charge in [0, 0.05) is 18.8 Å². The number of carbonyl (C=O) groups is 1. The SMILES string of the molecule is Cc1ccc(NS(=O)(=O)c2ccc(NC(=O)N3CCCCCC3)cc2)c(C)c1. The molecule has 1 fully saturated rings. The lowest BCUT2D eigenvalue weighted by Gasteiger charge is -2.20. The van der Waals surface area contributed by atoms with E-state index in [2.05, 4.69) is 10.0 Å². The number of hydrogen-bond donors (Lipinski definition) is 2. The van der Waals surface area contributed by atoms with Gasteiger partial charge in [-0.3, -0.25) is 4.72 Å². The predicted octanol–water partition coefficient (Wildman–Crippen LogP) is 4.51. The van der Waals surface area contributed by atoms with Crippen LogP contribution in [0.1, 0.15) is 36.8 Å². The van der Waals surface area contributed by atoms with Crippen molar-refractivity contribution in [2.45, 2.75) is 44.4 Å². The number of amides is 2. The van der Waals surface area contributed by atoms with E-state index in [1.54, 1.807) is 18.2 Å². The molecule has 0 bridgehead atoms. The fourth-order valence-corrected chi connectivity index (χ4v) is 4.46. The van der Waals surface area contributed by atoms with Crippen molar-refractivity contribution < 1.29 is 13.2 Å². The first-order chi connectivity index (χ1) is 13.3. The molecule has 2 N–H and O–H groups in total. The zero-order chi connectivity index (χ0) is 20.1. The third kappa shape index (κ3) is 5.04. The van der Waals surface area contributed by atoms with Crippen molar-refractivity contribution in [3.63, 3.8) is 0 Å². The maximum absolute atomic E-state index is 12.7. The van der Waals surface area contributed by atoms with E-state index in [9.17, 15) is 13.2 Å². The van der Waals surface area contributed by atoms with Gasteiger partial charge in [-0.2, -0.15) is 0 Å². The van der Waals surface area contributed by atoms with Crippen LogP contribution in [0.4, 0.5) is 16.2 Å². The summed E-state index contributed by atoms with van der Waals surface area (Å²) in [6.45, 7) is 5.35. The summed E-state index contributed by atoms with van der Waals surface area (Å²) in [4.78, 5) is 14.4. The van der Waals surface area contributed by atoms with E-state index in [1.807, 2.05) is 30.9 Å².